The smallest absolute Gasteiger partial charge is 0.339 e. The van der Waals surface area contributed by atoms with E-state index in [9.17, 15) is 18.3 Å². The number of nitrogens with one attached hydrogen (secondary N) is 1. The van der Waals surface area contributed by atoms with Crippen molar-refractivity contribution in [3.05, 3.63) is 83.0 Å². The van der Waals surface area contributed by atoms with Crippen LogP contribution < -0.4 is 9.62 Å². The number of aryl methyl sites for hydroxylation is 2. The second-order valence-corrected chi connectivity index (χ2v) is 9.69. The number of rotatable bonds is 10. The van der Waals surface area contributed by atoms with E-state index >= 15 is 0 Å². The summed E-state index contributed by atoms with van der Waals surface area (Å²) in [5.74, 6) is -0.853. The van der Waals surface area contributed by atoms with Gasteiger partial charge in [0.05, 0.1) is 16.8 Å². The van der Waals surface area contributed by atoms with Crippen LogP contribution in [0.5, 0.6) is 0 Å². The van der Waals surface area contributed by atoms with Crippen molar-refractivity contribution in [3.63, 3.8) is 0 Å². The lowest BCUT2D eigenvalue weighted by Gasteiger charge is -2.25. The van der Waals surface area contributed by atoms with Crippen LogP contribution in [0.3, 0.4) is 0 Å². The molecule has 2 N–H and O–H groups in total. The van der Waals surface area contributed by atoms with E-state index in [4.69, 9.17) is 0 Å². The fraction of sp³-hybridized carbons (Fsp3) is 0.280. The van der Waals surface area contributed by atoms with Crippen molar-refractivity contribution in [2.24, 2.45) is 0 Å². The number of nitrogens with zero attached hydrogens (tertiary/aromatic N) is 2. The maximum absolute atomic E-state index is 12.9. The van der Waals surface area contributed by atoms with Crippen LogP contribution in [-0.2, 0) is 16.6 Å². The average Bonchev–Trinajstić information content (AvgIpc) is 2.76. The predicted molar refractivity (Wildman–Crippen MR) is 130 cm³/mol. The first-order valence-corrected chi connectivity index (χ1v) is 12.3. The third kappa shape index (κ3) is 6.10. The maximum Gasteiger partial charge on any atom is 0.339 e. The third-order valence-electron chi connectivity index (χ3n) is 5.27. The lowest BCUT2D eigenvalue weighted by Crippen LogP contribution is -2.27. The van der Waals surface area contributed by atoms with Gasteiger partial charge in [-0.3, -0.25) is 4.72 Å². The third-order valence-corrected chi connectivity index (χ3v) is 6.81. The monoisotopic (exact) mass is 467 g/mol. The second-order valence-electron chi connectivity index (χ2n) is 8.04. The van der Waals surface area contributed by atoms with Crippen molar-refractivity contribution >= 4 is 27.5 Å². The molecule has 0 aliphatic carbocycles. The zero-order chi connectivity index (χ0) is 24.0. The SMILES string of the molecule is CCCCN(Cc1ccccc1)c1ncc(NS(=O)(=O)c2ccc(C)cc2C)cc1C(=O)O. The summed E-state index contributed by atoms with van der Waals surface area (Å²) in [5, 5.41) is 9.88. The van der Waals surface area contributed by atoms with Gasteiger partial charge in [-0.1, -0.05) is 61.4 Å². The van der Waals surface area contributed by atoms with E-state index in [1.165, 1.54) is 12.3 Å². The molecule has 0 bridgehead atoms. The number of aromatic carboxylic acids is 1. The number of carboxylic acids is 1. The number of pyridine rings is 1. The molecule has 33 heavy (non-hydrogen) atoms. The van der Waals surface area contributed by atoms with E-state index in [-0.39, 0.29) is 16.1 Å². The quantitative estimate of drug-likeness (QED) is 0.435. The number of carboxylic acid groups (broad SMARTS) is 1. The summed E-state index contributed by atoms with van der Waals surface area (Å²) in [4.78, 5) is 18.5. The molecule has 3 rings (SSSR count). The van der Waals surface area contributed by atoms with E-state index < -0.39 is 16.0 Å². The minimum absolute atomic E-state index is 0.0529. The van der Waals surface area contributed by atoms with Crippen molar-refractivity contribution in [1.82, 2.24) is 4.98 Å². The summed E-state index contributed by atoms with van der Waals surface area (Å²) >= 11 is 0. The molecule has 0 radical (unpaired) electrons. The van der Waals surface area contributed by atoms with Crippen molar-refractivity contribution in [1.29, 1.82) is 0 Å². The standard InChI is InChI=1S/C25H29N3O4S/c1-4-5-13-28(17-20-9-7-6-8-10-20)24-22(25(29)30)15-21(16-26-24)27-33(31,32)23-12-11-18(2)14-19(23)3/h6-12,14-16,27H,4-5,13,17H2,1-3H3,(H,29,30). The first-order valence-electron chi connectivity index (χ1n) is 10.8. The number of aromatic nitrogens is 1. The number of hydrogen-bond acceptors (Lipinski definition) is 5. The Labute approximate surface area is 195 Å². The molecule has 1 heterocycles. The number of unbranched alkanes of at least 4 members (excludes halogenated alkanes) is 1. The topological polar surface area (TPSA) is 99.6 Å². The normalized spacial score (nSPS) is 11.2. The van der Waals surface area contributed by atoms with Gasteiger partial charge in [0, 0.05) is 13.1 Å². The Morgan fingerprint density at radius 3 is 2.45 bits per heavy atom. The van der Waals surface area contributed by atoms with Crippen LogP contribution in [0.15, 0.2) is 65.7 Å². The molecular formula is C25H29N3O4S. The van der Waals surface area contributed by atoms with Gasteiger partial charge < -0.3 is 10.0 Å². The minimum atomic E-state index is -3.90. The molecule has 1 aromatic heterocycles. The molecule has 0 fully saturated rings. The van der Waals surface area contributed by atoms with Gasteiger partial charge in [-0.15, -0.1) is 0 Å². The summed E-state index contributed by atoms with van der Waals surface area (Å²) in [6, 6.07) is 16.1. The molecule has 0 aliphatic rings. The van der Waals surface area contributed by atoms with Crippen molar-refractivity contribution in [2.75, 3.05) is 16.2 Å². The van der Waals surface area contributed by atoms with Gasteiger partial charge in [-0.05, 0) is 43.5 Å². The molecule has 0 amide bonds. The molecule has 0 unspecified atom stereocenters. The number of carbonyl (C=O) groups is 1. The summed E-state index contributed by atoms with van der Waals surface area (Å²) in [6.45, 7) is 6.81. The molecule has 0 saturated carbocycles. The first kappa shape index (κ1) is 24.3. The molecule has 2 aromatic carbocycles. The molecule has 0 spiro atoms. The average molecular weight is 468 g/mol. The number of sulfonamides is 1. The highest BCUT2D eigenvalue weighted by atomic mass is 32.2. The van der Waals surface area contributed by atoms with Gasteiger partial charge in [-0.2, -0.15) is 0 Å². The van der Waals surface area contributed by atoms with E-state index in [1.54, 1.807) is 25.1 Å². The molecular weight excluding hydrogens is 438 g/mol. The number of anilines is 2. The van der Waals surface area contributed by atoms with Crippen molar-refractivity contribution in [2.45, 2.75) is 45.1 Å². The van der Waals surface area contributed by atoms with Crippen molar-refractivity contribution in [3.8, 4) is 0 Å². The van der Waals surface area contributed by atoms with Crippen LogP contribution in [0.25, 0.3) is 0 Å². The van der Waals surface area contributed by atoms with Crippen molar-refractivity contribution < 1.29 is 18.3 Å². The summed E-state index contributed by atoms with van der Waals surface area (Å²) in [6.07, 6.45) is 3.18. The van der Waals surface area contributed by atoms with Gasteiger partial charge in [-0.25, -0.2) is 18.2 Å². The van der Waals surface area contributed by atoms with E-state index in [0.29, 0.717) is 24.5 Å². The zero-order valence-electron chi connectivity index (χ0n) is 19.1. The molecule has 0 saturated heterocycles. The van der Waals surface area contributed by atoms with Crippen LogP contribution in [0, 0.1) is 13.8 Å². The Balaban J connectivity index is 1.95. The first-order chi connectivity index (χ1) is 15.7. The second kappa shape index (κ2) is 10.5. The Hall–Kier alpha value is -3.39. The maximum atomic E-state index is 12.9. The Kier molecular flexibility index (Phi) is 7.71. The molecule has 8 heteroatoms. The number of benzene rings is 2. The molecule has 0 atom stereocenters. The van der Waals surface area contributed by atoms with Crippen LogP contribution in [0.2, 0.25) is 0 Å². The van der Waals surface area contributed by atoms with E-state index in [1.807, 2.05) is 42.2 Å². The van der Waals surface area contributed by atoms with Crippen LogP contribution in [-0.4, -0.2) is 31.0 Å². The highest BCUT2D eigenvalue weighted by Gasteiger charge is 2.22. The zero-order valence-corrected chi connectivity index (χ0v) is 19.9. The Morgan fingerprint density at radius 2 is 1.82 bits per heavy atom. The fourth-order valence-corrected chi connectivity index (χ4v) is 4.91. The van der Waals surface area contributed by atoms with Crippen LogP contribution in [0.1, 0.15) is 46.8 Å². The van der Waals surface area contributed by atoms with Gasteiger partial charge in [0.25, 0.3) is 10.0 Å². The van der Waals surface area contributed by atoms with Crippen LogP contribution in [0.4, 0.5) is 11.5 Å². The molecule has 7 nitrogen and oxygen atoms in total. The van der Waals surface area contributed by atoms with E-state index in [0.717, 1.165) is 24.0 Å². The highest BCUT2D eigenvalue weighted by Crippen LogP contribution is 2.26. The fourth-order valence-electron chi connectivity index (χ4n) is 3.65. The Bertz CT molecular complexity index is 1230. The van der Waals surface area contributed by atoms with Gasteiger partial charge in [0.2, 0.25) is 0 Å². The van der Waals surface area contributed by atoms with Gasteiger partial charge in [0.15, 0.2) is 0 Å². The highest BCUT2D eigenvalue weighted by molar-refractivity contribution is 7.92. The number of hydrogen-bond donors (Lipinski definition) is 2. The summed E-state index contributed by atoms with van der Waals surface area (Å²) in [5.41, 5.74) is 2.65. The summed E-state index contributed by atoms with van der Waals surface area (Å²) in [7, 11) is -3.90. The van der Waals surface area contributed by atoms with Crippen LogP contribution >= 0.6 is 0 Å². The molecule has 0 aliphatic heterocycles. The largest absolute Gasteiger partial charge is 0.478 e. The Morgan fingerprint density at radius 1 is 1.09 bits per heavy atom. The lowest BCUT2D eigenvalue weighted by molar-refractivity contribution is 0.0697. The van der Waals surface area contributed by atoms with Gasteiger partial charge in [0.1, 0.15) is 11.4 Å². The minimum Gasteiger partial charge on any atom is -0.478 e. The predicted octanol–water partition coefficient (Wildman–Crippen LogP) is 5.00. The summed E-state index contributed by atoms with van der Waals surface area (Å²) < 4.78 is 28.3. The molecule has 3 aromatic rings. The molecule has 174 valence electrons. The van der Waals surface area contributed by atoms with Gasteiger partial charge >= 0.3 is 5.97 Å². The lowest BCUT2D eigenvalue weighted by atomic mass is 10.1. The van der Waals surface area contributed by atoms with E-state index in [2.05, 4.69) is 16.6 Å².